The maximum absolute atomic E-state index is 12.3. The van der Waals surface area contributed by atoms with Crippen molar-refractivity contribution in [2.45, 2.75) is 83.1 Å². The Bertz CT molecular complexity index is 428. The fraction of sp³-hybridized carbons (Fsp3) is 0.944. The van der Waals surface area contributed by atoms with Crippen molar-refractivity contribution in [2.24, 2.45) is 23.2 Å². The van der Waals surface area contributed by atoms with E-state index in [2.05, 4.69) is 13.8 Å². The third-order valence-corrected chi connectivity index (χ3v) is 7.08. The van der Waals surface area contributed by atoms with Gasteiger partial charge in [-0.2, -0.15) is 0 Å². The van der Waals surface area contributed by atoms with E-state index in [0.29, 0.717) is 0 Å². The Morgan fingerprint density at radius 3 is 2.33 bits per heavy atom. The molecule has 4 bridgehead atoms. The lowest BCUT2D eigenvalue weighted by Crippen LogP contribution is -2.61. The van der Waals surface area contributed by atoms with Gasteiger partial charge >= 0.3 is 5.97 Å². The Morgan fingerprint density at radius 1 is 1.29 bits per heavy atom. The van der Waals surface area contributed by atoms with E-state index in [0.717, 1.165) is 24.7 Å². The molecule has 0 heterocycles. The summed E-state index contributed by atoms with van der Waals surface area (Å²) in [6, 6.07) is 0. The van der Waals surface area contributed by atoms with Gasteiger partial charge in [-0.05, 0) is 70.6 Å². The van der Waals surface area contributed by atoms with E-state index in [1.165, 1.54) is 32.1 Å². The van der Waals surface area contributed by atoms with Crippen LogP contribution in [0.4, 0.5) is 0 Å². The normalized spacial score (nSPS) is 42.9. The van der Waals surface area contributed by atoms with Crippen molar-refractivity contribution in [3.05, 3.63) is 0 Å². The highest BCUT2D eigenvalue weighted by Crippen LogP contribution is 2.67. The maximum Gasteiger partial charge on any atom is 0.309 e. The van der Waals surface area contributed by atoms with Crippen molar-refractivity contribution >= 4 is 17.6 Å². The highest BCUT2D eigenvalue weighted by atomic mass is 35.5. The molecule has 3 unspecified atom stereocenters. The summed E-state index contributed by atoms with van der Waals surface area (Å²) in [6.45, 7) is 8.25. The van der Waals surface area contributed by atoms with Crippen LogP contribution in [0.15, 0.2) is 0 Å². The molecule has 0 aromatic rings. The minimum Gasteiger partial charge on any atom is -0.459 e. The second kappa shape index (κ2) is 4.88. The summed E-state index contributed by atoms with van der Waals surface area (Å²) in [6.07, 6.45) is 7.93. The number of halogens is 1. The Hall–Kier alpha value is -0.240. The van der Waals surface area contributed by atoms with E-state index in [-0.39, 0.29) is 22.2 Å². The molecule has 3 atom stereocenters. The summed E-state index contributed by atoms with van der Waals surface area (Å²) >= 11 is 6.91. The molecule has 0 aromatic heterocycles. The Morgan fingerprint density at radius 2 is 1.86 bits per heavy atom. The first-order valence-corrected chi connectivity index (χ1v) is 8.98. The number of hydrogen-bond donors (Lipinski definition) is 0. The minimum atomic E-state index is -0.397. The van der Waals surface area contributed by atoms with Gasteiger partial charge in [-0.3, -0.25) is 4.79 Å². The van der Waals surface area contributed by atoms with Gasteiger partial charge in [0.1, 0.15) is 5.60 Å². The average molecular weight is 313 g/mol. The van der Waals surface area contributed by atoms with E-state index in [9.17, 15) is 4.79 Å². The lowest BCUT2D eigenvalue weighted by molar-refractivity contribution is -0.199. The highest BCUT2D eigenvalue weighted by molar-refractivity contribution is 6.24. The molecule has 3 heteroatoms. The van der Waals surface area contributed by atoms with Crippen molar-refractivity contribution in [3.63, 3.8) is 0 Å². The van der Waals surface area contributed by atoms with Crippen LogP contribution in [0.3, 0.4) is 0 Å². The molecular formula is C18H29ClO2. The summed E-state index contributed by atoms with van der Waals surface area (Å²) in [7, 11) is 0. The molecule has 0 saturated heterocycles. The first-order chi connectivity index (χ1) is 9.69. The third-order valence-electron chi connectivity index (χ3n) is 6.64. The van der Waals surface area contributed by atoms with Gasteiger partial charge in [0.25, 0.3) is 0 Å². The number of carbonyl (C=O) groups excluding carboxylic acids is 1. The SMILES string of the molecule is CCC(C)C(=O)OC(C)(C)C12CC3CC(CC(Cl)(C3)C1)C2. The lowest BCUT2D eigenvalue weighted by atomic mass is 9.45. The summed E-state index contributed by atoms with van der Waals surface area (Å²) in [4.78, 5) is 12.3. The summed E-state index contributed by atoms with van der Waals surface area (Å²) in [5, 5.41) is 0. The van der Waals surface area contributed by atoms with Crippen LogP contribution < -0.4 is 0 Å². The van der Waals surface area contributed by atoms with Crippen LogP contribution in [-0.4, -0.2) is 16.4 Å². The molecule has 0 radical (unpaired) electrons. The Balaban J connectivity index is 1.83. The van der Waals surface area contributed by atoms with Gasteiger partial charge < -0.3 is 4.74 Å². The molecule has 4 aliphatic carbocycles. The monoisotopic (exact) mass is 312 g/mol. The second-order valence-electron chi connectivity index (χ2n) is 8.63. The fourth-order valence-electron chi connectivity index (χ4n) is 5.48. The van der Waals surface area contributed by atoms with Crippen LogP contribution in [0.5, 0.6) is 0 Å². The second-order valence-corrected chi connectivity index (χ2v) is 9.43. The van der Waals surface area contributed by atoms with Gasteiger partial charge in [-0.25, -0.2) is 0 Å². The number of rotatable bonds is 4. The highest BCUT2D eigenvalue weighted by Gasteiger charge is 2.63. The van der Waals surface area contributed by atoms with Crippen molar-refractivity contribution < 1.29 is 9.53 Å². The predicted octanol–water partition coefficient (Wildman–Crippen LogP) is 4.93. The zero-order chi connectivity index (χ0) is 15.5. The molecule has 0 spiro atoms. The first kappa shape index (κ1) is 15.6. The molecule has 4 fully saturated rings. The van der Waals surface area contributed by atoms with Crippen molar-refractivity contribution in [3.8, 4) is 0 Å². The first-order valence-electron chi connectivity index (χ1n) is 8.60. The molecule has 4 rings (SSSR count). The van der Waals surface area contributed by atoms with Crippen LogP contribution in [0.25, 0.3) is 0 Å². The molecule has 0 amide bonds. The Kier molecular flexibility index (Phi) is 3.63. The molecule has 0 aliphatic heterocycles. The number of ether oxygens (including phenoxy) is 1. The van der Waals surface area contributed by atoms with Gasteiger partial charge in [0.05, 0.1) is 5.92 Å². The van der Waals surface area contributed by atoms with E-state index >= 15 is 0 Å². The number of carbonyl (C=O) groups is 1. The zero-order valence-electron chi connectivity index (χ0n) is 13.9. The zero-order valence-corrected chi connectivity index (χ0v) is 14.6. The van der Waals surface area contributed by atoms with Gasteiger partial charge in [0.15, 0.2) is 0 Å². The van der Waals surface area contributed by atoms with Crippen molar-refractivity contribution in [2.75, 3.05) is 0 Å². The number of hydrogen-bond acceptors (Lipinski definition) is 2. The smallest absolute Gasteiger partial charge is 0.309 e. The Labute approximate surface area is 134 Å². The summed E-state index contributed by atoms with van der Waals surface area (Å²) < 4.78 is 6.02. The number of esters is 1. The van der Waals surface area contributed by atoms with Crippen LogP contribution in [0, 0.1) is 23.2 Å². The van der Waals surface area contributed by atoms with E-state index in [4.69, 9.17) is 16.3 Å². The van der Waals surface area contributed by atoms with Gasteiger partial charge in [-0.1, -0.05) is 13.8 Å². The van der Waals surface area contributed by atoms with E-state index < -0.39 is 5.60 Å². The maximum atomic E-state index is 12.3. The lowest BCUT2D eigenvalue weighted by Gasteiger charge is -2.64. The summed E-state index contributed by atoms with van der Waals surface area (Å²) in [5.41, 5.74) is -0.298. The van der Waals surface area contributed by atoms with Crippen molar-refractivity contribution in [1.82, 2.24) is 0 Å². The molecule has 0 aromatic carbocycles. The van der Waals surface area contributed by atoms with E-state index in [1.807, 2.05) is 13.8 Å². The molecular weight excluding hydrogens is 284 g/mol. The van der Waals surface area contributed by atoms with Gasteiger partial charge in [-0.15, -0.1) is 11.6 Å². The molecule has 4 aliphatic rings. The van der Waals surface area contributed by atoms with Crippen LogP contribution in [0.1, 0.15) is 72.6 Å². The average Bonchev–Trinajstić information content (AvgIpc) is 2.34. The van der Waals surface area contributed by atoms with Crippen LogP contribution in [0.2, 0.25) is 0 Å². The third kappa shape index (κ3) is 2.52. The quantitative estimate of drug-likeness (QED) is 0.543. The van der Waals surface area contributed by atoms with Gasteiger partial charge in [0, 0.05) is 10.3 Å². The van der Waals surface area contributed by atoms with Crippen LogP contribution >= 0.6 is 11.6 Å². The molecule has 4 saturated carbocycles. The standard InChI is InChI=1S/C18H29ClO2/c1-5-12(2)15(20)21-16(3,4)17-7-13-6-14(8-17)10-18(19,9-13)11-17/h12-14H,5-11H2,1-4H3. The molecule has 2 nitrogen and oxygen atoms in total. The predicted molar refractivity (Wildman–Crippen MR) is 85.3 cm³/mol. The fourth-order valence-corrected chi connectivity index (χ4v) is 6.17. The van der Waals surface area contributed by atoms with Crippen molar-refractivity contribution in [1.29, 1.82) is 0 Å². The minimum absolute atomic E-state index is 0.0110. The summed E-state index contributed by atoms with van der Waals surface area (Å²) in [5.74, 6) is 1.43. The topological polar surface area (TPSA) is 26.3 Å². The van der Waals surface area contributed by atoms with Gasteiger partial charge in [0.2, 0.25) is 0 Å². The molecule has 21 heavy (non-hydrogen) atoms. The molecule has 120 valence electrons. The van der Waals surface area contributed by atoms with E-state index in [1.54, 1.807) is 0 Å². The molecule has 0 N–H and O–H groups in total. The van der Waals surface area contributed by atoms with Crippen LogP contribution in [-0.2, 0) is 9.53 Å². The largest absolute Gasteiger partial charge is 0.459 e. The number of alkyl halides is 1.